The molecule has 1 unspecified atom stereocenters. The number of nitrogens with two attached hydrogens (primary N) is 1. The highest BCUT2D eigenvalue weighted by atomic mass is 19.1. The zero-order valence-electron chi connectivity index (χ0n) is 16.4. The molecule has 0 saturated heterocycles. The smallest absolute Gasteiger partial charge is 0.252 e. The van der Waals surface area contributed by atoms with Crippen LogP contribution in [0.4, 0.5) is 8.78 Å². The predicted octanol–water partition coefficient (Wildman–Crippen LogP) is 3.05. The Morgan fingerprint density at radius 3 is 2.63 bits per heavy atom. The normalized spacial score (nSPS) is 13.3. The summed E-state index contributed by atoms with van der Waals surface area (Å²) in [7, 11) is 0. The van der Waals surface area contributed by atoms with E-state index in [0.717, 1.165) is 6.20 Å². The van der Waals surface area contributed by atoms with Crippen molar-refractivity contribution in [1.29, 1.82) is 0 Å². The van der Waals surface area contributed by atoms with E-state index in [1.807, 2.05) is 0 Å². The molecule has 1 amide bonds. The number of halogens is 2. The van der Waals surface area contributed by atoms with Crippen molar-refractivity contribution in [1.82, 2.24) is 19.7 Å². The summed E-state index contributed by atoms with van der Waals surface area (Å²) in [5, 5.41) is 3.01. The highest BCUT2D eigenvalue weighted by Gasteiger charge is 2.14. The lowest BCUT2D eigenvalue weighted by Gasteiger charge is -2.17. The van der Waals surface area contributed by atoms with E-state index in [2.05, 4.69) is 26.9 Å². The molecule has 0 aromatic carbocycles. The minimum atomic E-state index is -0.729. The number of hydrogen-bond donors (Lipinski definition) is 2. The van der Waals surface area contributed by atoms with Crippen LogP contribution >= 0.6 is 0 Å². The van der Waals surface area contributed by atoms with Gasteiger partial charge in [0, 0.05) is 18.1 Å². The molecular weight excluding hydrogens is 390 g/mol. The second-order valence-electron chi connectivity index (χ2n) is 6.59. The largest absolute Gasteiger partial charge is 0.377 e. The lowest BCUT2D eigenvalue weighted by atomic mass is 10.1. The van der Waals surface area contributed by atoms with Gasteiger partial charge in [-0.3, -0.25) is 19.2 Å². The van der Waals surface area contributed by atoms with Crippen molar-refractivity contribution < 1.29 is 13.6 Å². The van der Waals surface area contributed by atoms with Crippen LogP contribution in [0.5, 0.6) is 0 Å². The number of nitrogens with zero attached hydrogens (tertiary/aromatic N) is 4. The Kier molecular flexibility index (Phi) is 6.01. The Morgan fingerprint density at radius 1 is 1.23 bits per heavy atom. The van der Waals surface area contributed by atoms with Crippen LogP contribution in [-0.4, -0.2) is 26.0 Å². The van der Waals surface area contributed by atoms with Crippen LogP contribution in [0.25, 0.3) is 5.65 Å². The van der Waals surface area contributed by atoms with Gasteiger partial charge >= 0.3 is 0 Å². The second-order valence-corrected chi connectivity index (χ2v) is 6.59. The van der Waals surface area contributed by atoms with Crippen molar-refractivity contribution in [2.75, 3.05) is 0 Å². The molecule has 0 saturated carbocycles. The maximum atomic E-state index is 13.6. The number of hydrogen-bond acceptors (Lipinski definition) is 5. The quantitative estimate of drug-likeness (QED) is 0.355. The van der Waals surface area contributed by atoms with Gasteiger partial charge in [0.25, 0.3) is 5.91 Å². The third-order valence-corrected chi connectivity index (χ3v) is 4.40. The Bertz CT molecular complexity index is 1160. The molecular formula is C21H20F2N6O. The number of imidazole rings is 1. The molecule has 30 heavy (non-hydrogen) atoms. The Morgan fingerprint density at radius 2 is 1.97 bits per heavy atom. The van der Waals surface area contributed by atoms with Gasteiger partial charge < -0.3 is 11.1 Å². The molecule has 0 aliphatic heterocycles. The van der Waals surface area contributed by atoms with Gasteiger partial charge in [-0.1, -0.05) is 6.58 Å². The van der Waals surface area contributed by atoms with Gasteiger partial charge in [0.2, 0.25) is 0 Å². The van der Waals surface area contributed by atoms with Crippen LogP contribution in [0.3, 0.4) is 0 Å². The number of aromatic nitrogens is 3. The molecule has 1 atom stereocenters. The molecule has 7 nitrogen and oxygen atoms in total. The van der Waals surface area contributed by atoms with Crippen LogP contribution in [0.2, 0.25) is 0 Å². The van der Waals surface area contributed by atoms with E-state index in [1.165, 1.54) is 30.6 Å². The summed E-state index contributed by atoms with van der Waals surface area (Å²) < 4.78 is 28.2. The summed E-state index contributed by atoms with van der Waals surface area (Å²) in [6, 6.07) is 5.33. The highest BCUT2D eigenvalue weighted by Crippen LogP contribution is 2.15. The maximum absolute atomic E-state index is 13.6. The van der Waals surface area contributed by atoms with E-state index >= 15 is 0 Å². The van der Waals surface area contributed by atoms with Crippen LogP contribution in [0.15, 0.2) is 71.9 Å². The number of amides is 1. The van der Waals surface area contributed by atoms with Crippen molar-refractivity contribution >= 4 is 17.3 Å². The molecule has 154 valence electrons. The van der Waals surface area contributed by atoms with Gasteiger partial charge in [0.1, 0.15) is 17.3 Å². The lowest BCUT2D eigenvalue weighted by molar-refractivity contribution is -0.114. The maximum Gasteiger partial charge on any atom is 0.252 e. The van der Waals surface area contributed by atoms with Crippen LogP contribution < -0.4 is 11.1 Å². The predicted molar refractivity (Wildman–Crippen MR) is 110 cm³/mol. The van der Waals surface area contributed by atoms with E-state index < -0.39 is 17.5 Å². The van der Waals surface area contributed by atoms with Gasteiger partial charge in [-0.05, 0) is 38.1 Å². The van der Waals surface area contributed by atoms with E-state index in [1.54, 1.807) is 30.5 Å². The van der Waals surface area contributed by atoms with Gasteiger partial charge in [0.05, 0.1) is 41.1 Å². The molecule has 0 fully saturated rings. The van der Waals surface area contributed by atoms with Gasteiger partial charge in [-0.15, -0.1) is 0 Å². The zero-order chi connectivity index (χ0) is 21.8. The fourth-order valence-electron chi connectivity index (χ4n) is 2.80. The van der Waals surface area contributed by atoms with Crippen LogP contribution in [0, 0.1) is 11.6 Å². The molecule has 9 heteroatoms. The van der Waals surface area contributed by atoms with Crippen molar-refractivity contribution in [2.45, 2.75) is 19.9 Å². The third-order valence-electron chi connectivity index (χ3n) is 4.40. The molecule has 3 aromatic rings. The molecule has 0 bridgehead atoms. The molecule has 3 heterocycles. The van der Waals surface area contributed by atoms with Crippen molar-refractivity contribution in [3.63, 3.8) is 0 Å². The summed E-state index contributed by atoms with van der Waals surface area (Å²) in [6.45, 7) is 7.33. The minimum Gasteiger partial charge on any atom is -0.377 e. The standard InChI is InChI=1S/C21H20F2N6O/c1-12(28-13(2)18-6-4-15(22)8-26-18)17(21(24)30)9-25-14(3)19-10-27-20-7-5-16(23)11-29(19)20/h4-11,13,28H,1H2,2-3H3,(H2,24,30)/b17-9+,25-14?. The van der Waals surface area contributed by atoms with E-state index in [-0.39, 0.29) is 17.3 Å². The molecule has 0 aliphatic carbocycles. The Labute approximate surface area is 171 Å². The number of fused-ring (bicyclic) bond motifs is 1. The van der Waals surface area contributed by atoms with Crippen molar-refractivity contribution in [3.8, 4) is 0 Å². The lowest BCUT2D eigenvalue weighted by Crippen LogP contribution is -2.25. The number of nitrogens with one attached hydrogen (secondary N) is 1. The molecule has 0 aliphatic rings. The number of carbonyl (C=O) groups excluding carboxylic acids is 1. The second kappa shape index (κ2) is 8.64. The van der Waals surface area contributed by atoms with Crippen molar-refractivity contribution in [3.05, 3.63) is 89.9 Å². The summed E-state index contributed by atoms with van der Waals surface area (Å²) in [4.78, 5) is 24.4. The van der Waals surface area contributed by atoms with E-state index in [9.17, 15) is 13.6 Å². The molecule has 3 N–H and O–H groups in total. The topological polar surface area (TPSA) is 97.7 Å². The molecule has 0 radical (unpaired) electrons. The van der Waals surface area contributed by atoms with Gasteiger partial charge in [-0.25, -0.2) is 13.8 Å². The number of aliphatic imine (C=N–C) groups is 1. The number of carbonyl (C=O) groups is 1. The molecule has 3 aromatic heterocycles. The first-order chi connectivity index (χ1) is 14.3. The van der Waals surface area contributed by atoms with E-state index in [0.29, 0.717) is 22.7 Å². The Balaban J connectivity index is 1.83. The van der Waals surface area contributed by atoms with E-state index in [4.69, 9.17) is 5.73 Å². The number of rotatable bonds is 7. The monoisotopic (exact) mass is 410 g/mol. The van der Waals surface area contributed by atoms with Crippen LogP contribution in [-0.2, 0) is 4.79 Å². The number of pyridine rings is 2. The minimum absolute atomic E-state index is 0.0586. The first-order valence-electron chi connectivity index (χ1n) is 9.01. The third kappa shape index (κ3) is 4.57. The molecule has 0 spiro atoms. The zero-order valence-corrected chi connectivity index (χ0v) is 16.4. The SMILES string of the molecule is C=C(NC(C)c1ccc(F)cn1)/C(=C\N=C(C)c1cnc2ccc(F)cn12)C(N)=O. The first-order valence-corrected chi connectivity index (χ1v) is 9.01. The summed E-state index contributed by atoms with van der Waals surface area (Å²) in [5.41, 5.74) is 7.95. The summed E-state index contributed by atoms with van der Waals surface area (Å²) >= 11 is 0. The number of primary amides is 1. The van der Waals surface area contributed by atoms with Gasteiger partial charge in [0.15, 0.2) is 0 Å². The summed E-state index contributed by atoms with van der Waals surface area (Å²) in [5.74, 6) is -1.59. The fraction of sp³-hybridized carbons (Fsp3) is 0.143. The fourth-order valence-corrected chi connectivity index (χ4v) is 2.80. The molecule has 3 rings (SSSR count). The highest BCUT2D eigenvalue weighted by molar-refractivity contribution is 6.00. The average molecular weight is 410 g/mol. The van der Waals surface area contributed by atoms with Gasteiger partial charge in [-0.2, -0.15) is 0 Å². The Hall–Kier alpha value is -3.88. The average Bonchev–Trinajstić information content (AvgIpc) is 3.11. The summed E-state index contributed by atoms with van der Waals surface area (Å²) in [6.07, 6.45) is 5.25. The van der Waals surface area contributed by atoms with Crippen LogP contribution in [0.1, 0.15) is 31.3 Å². The first kappa shape index (κ1) is 20.8. The van der Waals surface area contributed by atoms with Crippen molar-refractivity contribution in [2.24, 2.45) is 10.7 Å².